The number of pyridine rings is 1. The molecular weight excluding hydrogens is 592 g/mol. The topological polar surface area (TPSA) is 139 Å². The summed E-state index contributed by atoms with van der Waals surface area (Å²) in [6.45, 7) is 5.24. The molecule has 0 spiro atoms. The van der Waals surface area contributed by atoms with Gasteiger partial charge in [0.05, 0.1) is 11.6 Å². The number of hydrogen-bond acceptors (Lipinski definition) is 8. The number of aromatic nitrogens is 1. The molecule has 4 aromatic carbocycles. The molecule has 1 heterocycles. The SMILES string of the molecule is CC(C)(N)COc1ccc(Nc2ccc(CCNC[C@H](O)c3ccc(OC(=O)/C=C/c4ccccc4)c4[nH]c(=O)ccc34)cc2)cc1. The number of hydrogen-bond donors (Lipinski definition) is 5. The summed E-state index contributed by atoms with van der Waals surface area (Å²) in [5.74, 6) is 0.404. The molecule has 0 aliphatic rings. The molecular formula is C38H40N4O5. The molecule has 9 heteroatoms. The largest absolute Gasteiger partial charge is 0.492 e. The van der Waals surface area contributed by atoms with Crippen LogP contribution in [0.3, 0.4) is 0 Å². The molecule has 0 amide bonds. The van der Waals surface area contributed by atoms with Crippen molar-refractivity contribution in [2.24, 2.45) is 5.73 Å². The lowest BCUT2D eigenvalue weighted by Crippen LogP contribution is -2.38. The minimum Gasteiger partial charge on any atom is -0.492 e. The van der Waals surface area contributed by atoms with E-state index in [4.69, 9.17) is 15.2 Å². The molecule has 6 N–H and O–H groups in total. The van der Waals surface area contributed by atoms with Crippen molar-refractivity contribution in [3.63, 3.8) is 0 Å². The van der Waals surface area contributed by atoms with Crippen molar-refractivity contribution in [3.8, 4) is 11.5 Å². The van der Waals surface area contributed by atoms with Crippen LogP contribution in [-0.2, 0) is 11.2 Å². The van der Waals surface area contributed by atoms with Crippen LogP contribution >= 0.6 is 0 Å². The maximum atomic E-state index is 12.5. The van der Waals surface area contributed by atoms with Crippen LogP contribution in [0.15, 0.2) is 114 Å². The smallest absolute Gasteiger partial charge is 0.336 e. The lowest BCUT2D eigenvalue weighted by molar-refractivity contribution is -0.128. The lowest BCUT2D eigenvalue weighted by atomic mass is 10.0. The molecule has 1 aromatic heterocycles. The van der Waals surface area contributed by atoms with Gasteiger partial charge >= 0.3 is 5.97 Å². The number of ether oxygens (including phenoxy) is 2. The van der Waals surface area contributed by atoms with Crippen LogP contribution in [0.5, 0.6) is 11.5 Å². The fourth-order valence-electron chi connectivity index (χ4n) is 4.90. The molecule has 0 bridgehead atoms. The van der Waals surface area contributed by atoms with Gasteiger partial charge in [0.15, 0.2) is 5.75 Å². The maximum absolute atomic E-state index is 12.5. The number of carbonyl (C=O) groups excluding carboxylic acids is 1. The minimum absolute atomic E-state index is 0.208. The first-order valence-corrected chi connectivity index (χ1v) is 15.5. The van der Waals surface area contributed by atoms with Gasteiger partial charge in [0.1, 0.15) is 12.4 Å². The Morgan fingerprint density at radius 3 is 2.34 bits per heavy atom. The molecule has 5 rings (SSSR count). The van der Waals surface area contributed by atoms with Crippen LogP contribution in [0.4, 0.5) is 11.4 Å². The van der Waals surface area contributed by atoms with Crippen molar-refractivity contribution < 1.29 is 19.4 Å². The van der Waals surface area contributed by atoms with Crippen LogP contribution in [0.1, 0.15) is 36.6 Å². The van der Waals surface area contributed by atoms with Gasteiger partial charge in [0.25, 0.3) is 0 Å². The lowest BCUT2D eigenvalue weighted by Gasteiger charge is -2.19. The molecule has 0 fully saturated rings. The van der Waals surface area contributed by atoms with Gasteiger partial charge in [-0.2, -0.15) is 0 Å². The number of carbonyl (C=O) groups is 1. The summed E-state index contributed by atoms with van der Waals surface area (Å²) in [5.41, 5.74) is 10.2. The van der Waals surface area contributed by atoms with E-state index < -0.39 is 17.6 Å². The highest BCUT2D eigenvalue weighted by Gasteiger charge is 2.16. The molecule has 242 valence electrons. The molecule has 0 saturated carbocycles. The molecule has 9 nitrogen and oxygen atoms in total. The van der Waals surface area contributed by atoms with E-state index >= 15 is 0 Å². The van der Waals surface area contributed by atoms with Crippen LogP contribution < -0.4 is 31.4 Å². The number of esters is 1. The monoisotopic (exact) mass is 632 g/mol. The van der Waals surface area contributed by atoms with Crippen LogP contribution in [-0.4, -0.2) is 41.3 Å². The van der Waals surface area contributed by atoms with Gasteiger partial charge in [-0.15, -0.1) is 0 Å². The summed E-state index contributed by atoms with van der Waals surface area (Å²) in [6.07, 6.45) is 2.91. The van der Waals surface area contributed by atoms with Gasteiger partial charge in [0.2, 0.25) is 5.56 Å². The average molecular weight is 633 g/mol. The van der Waals surface area contributed by atoms with Crippen LogP contribution in [0.25, 0.3) is 17.0 Å². The molecule has 0 aliphatic carbocycles. The first-order valence-electron chi connectivity index (χ1n) is 15.5. The van der Waals surface area contributed by atoms with Gasteiger partial charge in [0, 0.05) is 41.0 Å². The van der Waals surface area contributed by atoms with Gasteiger partial charge < -0.3 is 35.9 Å². The molecule has 0 saturated heterocycles. The van der Waals surface area contributed by atoms with Crippen LogP contribution in [0, 0.1) is 0 Å². The molecule has 0 aliphatic heterocycles. The number of anilines is 2. The van der Waals surface area contributed by atoms with E-state index in [0.29, 0.717) is 36.2 Å². The second kappa shape index (κ2) is 15.4. The second-order valence-electron chi connectivity index (χ2n) is 12.0. The zero-order valence-corrected chi connectivity index (χ0v) is 26.5. The highest BCUT2D eigenvalue weighted by Crippen LogP contribution is 2.30. The van der Waals surface area contributed by atoms with Gasteiger partial charge in [-0.25, -0.2) is 4.79 Å². The number of benzene rings is 4. The van der Waals surface area contributed by atoms with E-state index in [-0.39, 0.29) is 11.3 Å². The Kier molecular flexibility index (Phi) is 10.8. The highest BCUT2D eigenvalue weighted by molar-refractivity contribution is 5.93. The fourth-order valence-corrected chi connectivity index (χ4v) is 4.90. The first-order chi connectivity index (χ1) is 22.6. The average Bonchev–Trinajstić information content (AvgIpc) is 3.06. The molecule has 0 radical (unpaired) electrons. The highest BCUT2D eigenvalue weighted by atomic mass is 16.5. The molecule has 1 atom stereocenters. The van der Waals surface area contributed by atoms with Gasteiger partial charge in [-0.3, -0.25) is 4.79 Å². The normalized spacial score (nSPS) is 12.3. The Balaban J connectivity index is 1.12. The molecule has 0 unspecified atom stereocenters. The van der Waals surface area contributed by atoms with E-state index in [2.05, 4.69) is 27.8 Å². The summed E-state index contributed by atoms with van der Waals surface area (Å²) < 4.78 is 11.3. The van der Waals surface area contributed by atoms with E-state index in [1.54, 1.807) is 24.3 Å². The summed E-state index contributed by atoms with van der Waals surface area (Å²) in [6, 6.07) is 31.7. The predicted molar refractivity (Wildman–Crippen MR) is 187 cm³/mol. The van der Waals surface area contributed by atoms with E-state index in [9.17, 15) is 14.7 Å². The van der Waals surface area contributed by atoms with Crippen molar-refractivity contribution >= 4 is 34.3 Å². The number of aliphatic hydroxyl groups is 1. The van der Waals surface area contributed by atoms with E-state index in [1.807, 2.05) is 80.6 Å². The number of H-pyrrole nitrogens is 1. The number of rotatable bonds is 14. The number of nitrogens with two attached hydrogens (primary N) is 1. The molecule has 5 aromatic rings. The van der Waals surface area contributed by atoms with Crippen molar-refractivity contribution in [1.29, 1.82) is 0 Å². The number of fused-ring (bicyclic) bond motifs is 1. The summed E-state index contributed by atoms with van der Waals surface area (Å²) in [4.78, 5) is 27.4. The fraction of sp³-hybridized carbons (Fsp3) is 0.211. The zero-order chi connectivity index (χ0) is 33.2. The number of aromatic amines is 1. The maximum Gasteiger partial charge on any atom is 0.336 e. The summed E-state index contributed by atoms with van der Waals surface area (Å²) in [5, 5.41) is 18.3. The molecule has 47 heavy (non-hydrogen) atoms. The Bertz CT molecular complexity index is 1860. The van der Waals surface area contributed by atoms with Crippen molar-refractivity contribution in [1.82, 2.24) is 10.3 Å². The Hall–Kier alpha value is -5.22. The second-order valence-corrected chi connectivity index (χ2v) is 12.0. The number of aliphatic hydroxyl groups excluding tert-OH is 1. The predicted octanol–water partition coefficient (Wildman–Crippen LogP) is 5.87. The van der Waals surface area contributed by atoms with Crippen molar-refractivity contribution in [2.75, 3.05) is 25.0 Å². The summed E-state index contributed by atoms with van der Waals surface area (Å²) in [7, 11) is 0. The quantitative estimate of drug-likeness (QED) is 0.0443. The Morgan fingerprint density at radius 2 is 1.64 bits per heavy atom. The van der Waals surface area contributed by atoms with Gasteiger partial charge in [-0.05, 0) is 98.1 Å². The third kappa shape index (κ3) is 9.88. The first kappa shape index (κ1) is 33.2. The Morgan fingerprint density at radius 1 is 0.936 bits per heavy atom. The van der Waals surface area contributed by atoms with E-state index in [0.717, 1.165) is 34.7 Å². The van der Waals surface area contributed by atoms with Crippen molar-refractivity contribution in [2.45, 2.75) is 31.9 Å². The van der Waals surface area contributed by atoms with Crippen molar-refractivity contribution in [3.05, 3.63) is 136 Å². The standard InChI is InChI=1S/C38H40N4O5/c1-38(2,39)25-46-30-15-13-29(14-16-30)41-28-11-8-27(9-12-28)22-23-40-24-33(43)31-17-19-34(37-32(31)18-20-35(44)42-37)47-36(45)21-10-26-6-4-3-5-7-26/h3-21,33,40-41,43H,22-25,39H2,1-2H3,(H,42,44)/b21-10+/t33-/m0/s1. The third-order valence-electron chi connectivity index (χ3n) is 7.31. The zero-order valence-electron chi connectivity index (χ0n) is 26.5. The Labute approximate surface area is 274 Å². The minimum atomic E-state index is -0.851. The van der Waals surface area contributed by atoms with E-state index in [1.165, 1.54) is 12.1 Å². The number of nitrogens with one attached hydrogen (secondary N) is 3. The van der Waals surface area contributed by atoms with Gasteiger partial charge in [-0.1, -0.05) is 48.5 Å². The van der Waals surface area contributed by atoms with Crippen LogP contribution in [0.2, 0.25) is 0 Å². The summed E-state index contributed by atoms with van der Waals surface area (Å²) >= 11 is 0. The third-order valence-corrected chi connectivity index (χ3v) is 7.31.